The van der Waals surface area contributed by atoms with Gasteiger partial charge in [-0.15, -0.1) is 0 Å². The summed E-state index contributed by atoms with van der Waals surface area (Å²) in [6.45, 7) is 2.53. The van der Waals surface area contributed by atoms with Gasteiger partial charge in [-0.3, -0.25) is 4.72 Å². The Morgan fingerprint density at radius 1 is 0.885 bits per heavy atom. The maximum Gasteiger partial charge on any atom is 0.262 e. The van der Waals surface area contributed by atoms with Gasteiger partial charge in [0.1, 0.15) is 0 Å². The summed E-state index contributed by atoms with van der Waals surface area (Å²) in [6.07, 6.45) is 0.724. The summed E-state index contributed by atoms with van der Waals surface area (Å²) in [5, 5.41) is 0. The molecule has 26 heavy (non-hydrogen) atoms. The lowest BCUT2D eigenvalue weighted by Crippen LogP contribution is -2.13. The predicted octanol–water partition coefficient (Wildman–Crippen LogP) is 2.44. The van der Waals surface area contributed by atoms with Crippen LogP contribution in [0.25, 0.3) is 0 Å². The van der Waals surface area contributed by atoms with Gasteiger partial charge in [-0.2, -0.15) is 0 Å². The number of ether oxygens (including phenoxy) is 2. The van der Waals surface area contributed by atoms with Crippen molar-refractivity contribution < 1.29 is 26.3 Å². The van der Waals surface area contributed by atoms with Crippen molar-refractivity contribution in [1.82, 2.24) is 0 Å². The lowest BCUT2D eigenvalue weighted by molar-refractivity contribution is 0.297. The summed E-state index contributed by atoms with van der Waals surface area (Å²) in [5.74, 6) is 0.875. The minimum atomic E-state index is -3.85. The number of hydrogen-bond donors (Lipinski definition) is 1. The van der Waals surface area contributed by atoms with E-state index in [4.69, 9.17) is 9.47 Å². The molecule has 1 heterocycles. The fraction of sp³-hybridized carbons (Fsp3) is 0.294. The topological polar surface area (TPSA) is 98.8 Å². The van der Waals surface area contributed by atoms with Crippen LogP contribution in [0.2, 0.25) is 0 Å². The first-order valence-electron chi connectivity index (χ1n) is 8.07. The minimum Gasteiger partial charge on any atom is -0.490 e. The highest BCUT2D eigenvalue weighted by Gasteiger charge is 2.19. The number of rotatable bonds is 5. The summed E-state index contributed by atoms with van der Waals surface area (Å²) < 4.78 is 62.3. The number of anilines is 1. The van der Waals surface area contributed by atoms with Gasteiger partial charge in [0.15, 0.2) is 21.3 Å². The molecule has 0 fully saturated rings. The van der Waals surface area contributed by atoms with Crippen LogP contribution in [-0.4, -0.2) is 35.8 Å². The van der Waals surface area contributed by atoms with E-state index in [2.05, 4.69) is 4.72 Å². The lowest BCUT2D eigenvalue weighted by atomic mass is 10.3. The molecule has 2 aromatic carbocycles. The van der Waals surface area contributed by atoms with Crippen LogP contribution in [-0.2, 0) is 19.9 Å². The van der Waals surface area contributed by atoms with E-state index in [9.17, 15) is 16.8 Å². The molecule has 0 unspecified atom stereocenters. The van der Waals surface area contributed by atoms with Crippen LogP contribution in [0.1, 0.15) is 13.3 Å². The molecular weight excluding hydrogens is 378 g/mol. The molecule has 140 valence electrons. The molecule has 9 heteroatoms. The van der Waals surface area contributed by atoms with Crippen LogP contribution in [0.4, 0.5) is 5.69 Å². The molecule has 0 aromatic heterocycles. The predicted molar refractivity (Wildman–Crippen MR) is 97.0 cm³/mol. The average Bonchev–Trinajstić information content (AvgIpc) is 2.86. The zero-order chi connectivity index (χ0) is 18.8. The first-order chi connectivity index (χ1) is 12.3. The van der Waals surface area contributed by atoms with E-state index in [0.29, 0.717) is 24.7 Å². The number of sulfone groups is 1. The van der Waals surface area contributed by atoms with Gasteiger partial charge >= 0.3 is 0 Å². The van der Waals surface area contributed by atoms with Crippen molar-refractivity contribution in [1.29, 1.82) is 0 Å². The van der Waals surface area contributed by atoms with Crippen LogP contribution in [0.5, 0.6) is 11.5 Å². The largest absolute Gasteiger partial charge is 0.490 e. The van der Waals surface area contributed by atoms with Gasteiger partial charge in [0.25, 0.3) is 10.0 Å². The number of fused-ring (bicyclic) bond motifs is 1. The van der Waals surface area contributed by atoms with Crippen LogP contribution in [0.3, 0.4) is 0 Å². The Hall–Kier alpha value is -2.26. The Morgan fingerprint density at radius 3 is 2.15 bits per heavy atom. The highest BCUT2D eigenvalue weighted by atomic mass is 32.2. The maximum atomic E-state index is 12.6. The maximum absolute atomic E-state index is 12.6. The Bertz CT molecular complexity index is 998. The second-order valence-corrected chi connectivity index (χ2v) is 9.65. The Labute approximate surface area is 152 Å². The van der Waals surface area contributed by atoms with Crippen molar-refractivity contribution in [3.8, 4) is 11.5 Å². The fourth-order valence-corrected chi connectivity index (χ4v) is 4.38. The molecule has 1 aliphatic rings. The van der Waals surface area contributed by atoms with E-state index in [1.54, 1.807) is 13.0 Å². The molecular formula is C17H19NO6S2. The van der Waals surface area contributed by atoms with Crippen LogP contribution < -0.4 is 14.2 Å². The molecule has 2 aromatic rings. The third-order valence-electron chi connectivity index (χ3n) is 3.87. The van der Waals surface area contributed by atoms with Crippen molar-refractivity contribution in [3.05, 3.63) is 42.5 Å². The summed E-state index contributed by atoms with van der Waals surface area (Å²) in [6, 6.07) is 10.0. The summed E-state index contributed by atoms with van der Waals surface area (Å²) >= 11 is 0. The molecule has 3 rings (SSSR count). The van der Waals surface area contributed by atoms with E-state index in [0.717, 1.165) is 6.42 Å². The van der Waals surface area contributed by atoms with Gasteiger partial charge in [-0.05, 0) is 36.4 Å². The molecule has 0 amide bonds. The van der Waals surface area contributed by atoms with Crippen molar-refractivity contribution >= 4 is 25.5 Å². The smallest absolute Gasteiger partial charge is 0.262 e. The Morgan fingerprint density at radius 2 is 1.50 bits per heavy atom. The van der Waals surface area contributed by atoms with Crippen molar-refractivity contribution in [3.63, 3.8) is 0 Å². The second-order valence-electron chi connectivity index (χ2n) is 5.69. The average molecular weight is 397 g/mol. The van der Waals surface area contributed by atoms with Gasteiger partial charge in [-0.25, -0.2) is 16.8 Å². The number of hydrogen-bond acceptors (Lipinski definition) is 6. The number of sulfonamides is 1. The first-order valence-corrected chi connectivity index (χ1v) is 11.2. The third-order valence-corrected chi connectivity index (χ3v) is 7.00. The van der Waals surface area contributed by atoms with E-state index < -0.39 is 19.9 Å². The van der Waals surface area contributed by atoms with Crippen molar-refractivity contribution in [2.45, 2.75) is 23.1 Å². The summed E-state index contributed by atoms with van der Waals surface area (Å²) in [4.78, 5) is 0.186. The van der Waals surface area contributed by atoms with E-state index in [1.807, 2.05) is 0 Å². The van der Waals surface area contributed by atoms with Gasteiger partial charge in [0, 0.05) is 18.2 Å². The molecule has 1 aliphatic heterocycles. The molecule has 0 saturated carbocycles. The highest BCUT2D eigenvalue weighted by molar-refractivity contribution is 7.92. The quantitative estimate of drug-likeness (QED) is 0.832. The van der Waals surface area contributed by atoms with E-state index in [-0.39, 0.29) is 21.2 Å². The minimum absolute atomic E-state index is 0.0186. The molecule has 0 radical (unpaired) electrons. The highest BCUT2D eigenvalue weighted by Crippen LogP contribution is 2.32. The third kappa shape index (κ3) is 3.94. The molecule has 0 bridgehead atoms. The Kier molecular flexibility index (Phi) is 5.10. The summed E-state index contributed by atoms with van der Waals surface area (Å²) in [5.41, 5.74) is 0.271. The zero-order valence-electron chi connectivity index (χ0n) is 14.1. The van der Waals surface area contributed by atoms with Gasteiger partial charge < -0.3 is 9.47 Å². The molecule has 7 nitrogen and oxygen atoms in total. The number of benzene rings is 2. The van der Waals surface area contributed by atoms with Crippen LogP contribution in [0, 0.1) is 0 Å². The van der Waals surface area contributed by atoms with Gasteiger partial charge in [-0.1, -0.05) is 6.92 Å². The molecule has 0 spiro atoms. The first kappa shape index (κ1) is 18.5. The van der Waals surface area contributed by atoms with Crippen molar-refractivity contribution in [2.24, 2.45) is 0 Å². The molecule has 1 N–H and O–H groups in total. The molecule has 0 saturated heterocycles. The van der Waals surface area contributed by atoms with Gasteiger partial charge in [0.2, 0.25) is 0 Å². The van der Waals surface area contributed by atoms with Gasteiger partial charge in [0.05, 0.1) is 28.8 Å². The lowest BCUT2D eigenvalue weighted by Gasteiger charge is -2.12. The molecule has 0 aliphatic carbocycles. The van der Waals surface area contributed by atoms with Crippen LogP contribution >= 0.6 is 0 Å². The zero-order valence-corrected chi connectivity index (χ0v) is 15.8. The number of nitrogens with one attached hydrogen (secondary N) is 1. The monoisotopic (exact) mass is 397 g/mol. The van der Waals surface area contributed by atoms with E-state index >= 15 is 0 Å². The Balaban J connectivity index is 1.84. The van der Waals surface area contributed by atoms with Crippen LogP contribution in [0.15, 0.2) is 52.3 Å². The van der Waals surface area contributed by atoms with Crippen molar-refractivity contribution in [2.75, 3.05) is 23.7 Å². The molecule has 0 atom stereocenters. The SMILES string of the molecule is CCS(=O)(=O)c1ccc(NS(=O)(=O)c2ccc3c(c2)OCCCO3)cc1. The summed E-state index contributed by atoms with van der Waals surface area (Å²) in [7, 11) is -7.18. The standard InChI is InChI=1S/C17H19NO6S2/c1-2-25(19,20)14-6-4-13(5-7-14)18-26(21,22)15-8-9-16-17(12-15)24-11-3-10-23-16/h4-9,12,18H,2-3,10-11H2,1H3. The van der Waals surface area contributed by atoms with E-state index in [1.165, 1.54) is 36.4 Å². The fourth-order valence-electron chi connectivity index (χ4n) is 2.42. The normalized spacial score (nSPS) is 14.5. The second kappa shape index (κ2) is 7.16.